The summed E-state index contributed by atoms with van der Waals surface area (Å²) in [5, 5.41) is 6.90. The standard InChI is InChI=1S/C14H20ClN.C10H19NO.2C5H9NO.C2H6/c1-14(2,3)16-9-8-12(10-16)11-4-6-13(15)7-5-11;1-8(12)11-9-4-6-10(2,3)7-5-9;7-4-5-1-2-6-3-5;7-5-6-3-1-2-4-6;1-2/h4-7,12H,8-10H2,1-3H3;9H,4-7H2,1-3H3,(H,11,12);4-6H,1-3H2;5H,1-4H2;1-2H3. The topological polar surface area (TPSA) is 81.8 Å². The molecule has 0 radical (unpaired) electrons. The van der Waals surface area contributed by atoms with E-state index in [1.165, 1.54) is 50.8 Å². The summed E-state index contributed by atoms with van der Waals surface area (Å²) < 4.78 is 0. The van der Waals surface area contributed by atoms with Gasteiger partial charge in [0.15, 0.2) is 0 Å². The molecule has 3 heterocycles. The number of hydrogen-bond acceptors (Lipinski definition) is 5. The zero-order valence-corrected chi connectivity index (χ0v) is 29.8. The Morgan fingerprint density at radius 2 is 1.57 bits per heavy atom. The van der Waals surface area contributed by atoms with E-state index in [0.717, 1.165) is 63.2 Å². The molecule has 3 saturated heterocycles. The Hall–Kier alpha value is -1.96. The zero-order valence-electron chi connectivity index (χ0n) is 29.1. The lowest BCUT2D eigenvalue weighted by Gasteiger charge is -2.34. The van der Waals surface area contributed by atoms with Crippen molar-refractivity contribution >= 4 is 30.2 Å². The van der Waals surface area contributed by atoms with Crippen molar-refractivity contribution in [1.29, 1.82) is 0 Å². The minimum Gasteiger partial charge on any atom is -0.354 e. The average Bonchev–Trinajstić information content (AvgIpc) is 3.79. The fourth-order valence-electron chi connectivity index (χ4n) is 5.85. The summed E-state index contributed by atoms with van der Waals surface area (Å²) in [5.41, 5.74) is 2.21. The summed E-state index contributed by atoms with van der Waals surface area (Å²) in [7, 11) is 0. The van der Waals surface area contributed by atoms with Crippen molar-refractivity contribution in [3.63, 3.8) is 0 Å². The van der Waals surface area contributed by atoms with Crippen molar-refractivity contribution in [2.45, 2.75) is 124 Å². The molecular weight excluding hydrogens is 572 g/mol. The van der Waals surface area contributed by atoms with Crippen LogP contribution in [0, 0.1) is 11.3 Å². The molecule has 0 spiro atoms. The van der Waals surface area contributed by atoms with Gasteiger partial charge in [0, 0.05) is 55.6 Å². The van der Waals surface area contributed by atoms with Gasteiger partial charge in [-0.15, -0.1) is 0 Å². The van der Waals surface area contributed by atoms with Crippen LogP contribution in [0.4, 0.5) is 0 Å². The molecule has 7 nitrogen and oxygen atoms in total. The highest BCUT2D eigenvalue weighted by atomic mass is 35.5. The lowest BCUT2D eigenvalue weighted by atomic mass is 9.75. The van der Waals surface area contributed by atoms with Crippen molar-refractivity contribution in [3.05, 3.63) is 34.9 Å². The number of halogens is 1. The van der Waals surface area contributed by atoms with E-state index in [1.807, 2.05) is 26.0 Å². The van der Waals surface area contributed by atoms with E-state index < -0.39 is 0 Å². The lowest BCUT2D eigenvalue weighted by molar-refractivity contribution is -0.120. The van der Waals surface area contributed by atoms with Crippen LogP contribution in [0.3, 0.4) is 0 Å². The number of likely N-dealkylation sites (tertiary alicyclic amines) is 2. The third-order valence-electron chi connectivity index (χ3n) is 8.81. The summed E-state index contributed by atoms with van der Waals surface area (Å²) in [6.07, 6.45) is 11.4. The Bertz CT molecular complexity index is 906. The molecule has 2 atom stereocenters. The summed E-state index contributed by atoms with van der Waals surface area (Å²) >= 11 is 5.91. The Kier molecular flexibility index (Phi) is 19.1. The molecule has 2 N–H and O–H groups in total. The number of nitrogens with one attached hydrogen (secondary N) is 2. The maximum absolute atomic E-state index is 10.8. The minimum absolute atomic E-state index is 0.111. The summed E-state index contributed by atoms with van der Waals surface area (Å²) in [6, 6.07) is 8.77. The molecular formula is C36H63ClN4O3. The summed E-state index contributed by atoms with van der Waals surface area (Å²) in [6.45, 7) is 23.3. The van der Waals surface area contributed by atoms with E-state index in [4.69, 9.17) is 11.6 Å². The zero-order chi connectivity index (χ0) is 33.2. The molecule has 5 rings (SSSR count). The van der Waals surface area contributed by atoms with Gasteiger partial charge >= 0.3 is 0 Å². The third-order valence-corrected chi connectivity index (χ3v) is 9.06. The molecule has 2 amide bonds. The van der Waals surface area contributed by atoms with Crippen LogP contribution in [-0.4, -0.2) is 79.3 Å². The molecule has 4 fully saturated rings. The second-order valence-electron chi connectivity index (χ2n) is 14.0. The Morgan fingerprint density at radius 3 is 1.95 bits per heavy atom. The highest BCUT2D eigenvalue weighted by Gasteiger charge is 2.30. The van der Waals surface area contributed by atoms with Gasteiger partial charge in [-0.3, -0.25) is 14.5 Å². The van der Waals surface area contributed by atoms with Gasteiger partial charge in [-0.05, 0) is 114 Å². The van der Waals surface area contributed by atoms with Crippen LogP contribution < -0.4 is 10.6 Å². The van der Waals surface area contributed by atoms with Crippen molar-refractivity contribution < 1.29 is 14.4 Å². The molecule has 1 aromatic rings. The molecule has 0 aromatic heterocycles. The van der Waals surface area contributed by atoms with Crippen LogP contribution in [0.5, 0.6) is 0 Å². The number of carbonyl (C=O) groups is 3. The van der Waals surface area contributed by atoms with Gasteiger partial charge in [0.05, 0.1) is 0 Å². The number of rotatable bonds is 4. The van der Waals surface area contributed by atoms with E-state index in [0.29, 0.717) is 28.8 Å². The first-order valence-corrected chi connectivity index (χ1v) is 17.3. The third kappa shape index (κ3) is 16.4. The van der Waals surface area contributed by atoms with Gasteiger partial charge in [-0.1, -0.05) is 51.4 Å². The highest BCUT2D eigenvalue weighted by Crippen LogP contribution is 2.35. The maximum Gasteiger partial charge on any atom is 0.217 e. The van der Waals surface area contributed by atoms with Gasteiger partial charge in [0.1, 0.15) is 6.29 Å². The highest BCUT2D eigenvalue weighted by molar-refractivity contribution is 6.30. The summed E-state index contributed by atoms with van der Waals surface area (Å²) in [4.78, 5) is 35.0. The van der Waals surface area contributed by atoms with E-state index in [2.05, 4.69) is 62.3 Å². The number of benzene rings is 1. The van der Waals surface area contributed by atoms with Crippen molar-refractivity contribution in [3.8, 4) is 0 Å². The average molecular weight is 635 g/mol. The monoisotopic (exact) mass is 634 g/mol. The van der Waals surface area contributed by atoms with Gasteiger partial charge in [-0.2, -0.15) is 0 Å². The molecule has 2 unspecified atom stereocenters. The van der Waals surface area contributed by atoms with E-state index >= 15 is 0 Å². The van der Waals surface area contributed by atoms with Gasteiger partial charge in [0.25, 0.3) is 0 Å². The van der Waals surface area contributed by atoms with Crippen LogP contribution >= 0.6 is 11.6 Å². The van der Waals surface area contributed by atoms with Gasteiger partial charge in [0.2, 0.25) is 12.3 Å². The Morgan fingerprint density at radius 1 is 0.977 bits per heavy atom. The molecule has 1 saturated carbocycles. The largest absolute Gasteiger partial charge is 0.354 e. The Labute approximate surface area is 274 Å². The predicted octanol–water partition coefficient (Wildman–Crippen LogP) is 7.08. The van der Waals surface area contributed by atoms with E-state index in [9.17, 15) is 14.4 Å². The second-order valence-corrected chi connectivity index (χ2v) is 14.5. The van der Waals surface area contributed by atoms with Crippen LogP contribution in [0.1, 0.15) is 118 Å². The number of carbonyl (C=O) groups excluding carboxylic acids is 3. The van der Waals surface area contributed by atoms with Crippen molar-refractivity contribution in [2.24, 2.45) is 11.3 Å². The fourth-order valence-corrected chi connectivity index (χ4v) is 5.97. The van der Waals surface area contributed by atoms with Gasteiger partial charge in [-0.25, -0.2) is 0 Å². The van der Waals surface area contributed by atoms with Crippen molar-refractivity contribution in [1.82, 2.24) is 20.4 Å². The van der Waals surface area contributed by atoms with E-state index in [-0.39, 0.29) is 5.91 Å². The number of aldehydes is 1. The fraction of sp³-hybridized carbons (Fsp3) is 0.750. The quantitative estimate of drug-likeness (QED) is 0.346. The van der Waals surface area contributed by atoms with Crippen LogP contribution in [-0.2, 0) is 14.4 Å². The molecule has 3 aliphatic heterocycles. The first kappa shape index (κ1) is 40.1. The molecule has 44 heavy (non-hydrogen) atoms. The number of hydrogen-bond donors (Lipinski definition) is 2. The Balaban J connectivity index is 0.000000305. The summed E-state index contributed by atoms with van der Waals surface area (Å²) in [5.74, 6) is 1.09. The van der Waals surface area contributed by atoms with Gasteiger partial charge < -0.3 is 20.3 Å². The second kappa shape index (κ2) is 21.0. The molecule has 252 valence electrons. The molecule has 0 bridgehead atoms. The van der Waals surface area contributed by atoms with Crippen LogP contribution in [0.15, 0.2) is 24.3 Å². The lowest BCUT2D eigenvalue weighted by Crippen LogP contribution is -2.39. The first-order chi connectivity index (χ1) is 20.8. The van der Waals surface area contributed by atoms with Crippen LogP contribution in [0.25, 0.3) is 0 Å². The predicted molar refractivity (Wildman–Crippen MR) is 185 cm³/mol. The number of amides is 2. The smallest absolute Gasteiger partial charge is 0.217 e. The maximum atomic E-state index is 10.8. The molecule has 8 heteroatoms. The first-order valence-electron chi connectivity index (χ1n) is 17.0. The molecule has 1 aliphatic carbocycles. The minimum atomic E-state index is 0.111. The molecule has 4 aliphatic rings. The van der Waals surface area contributed by atoms with Crippen LogP contribution in [0.2, 0.25) is 5.02 Å². The molecule has 1 aromatic carbocycles. The van der Waals surface area contributed by atoms with E-state index in [1.54, 1.807) is 11.8 Å². The normalized spacial score (nSPS) is 22.9. The number of nitrogens with zero attached hydrogens (tertiary/aromatic N) is 2. The van der Waals surface area contributed by atoms with Crippen molar-refractivity contribution in [2.75, 3.05) is 39.3 Å². The SMILES string of the molecule is CC.CC(=O)NC1CCC(C)(C)CC1.CC(C)(C)N1CCC(c2ccc(Cl)cc2)C1.O=CC1CCNC1.O=CN1CCCC1.